The second kappa shape index (κ2) is 7.10. The number of hydrogen-bond donors (Lipinski definition) is 2. The first-order valence-corrected chi connectivity index (χ1v) is 9.90. The van der Waals surface area contributed by atoms with Crippen LogP contribution in [0.4, 0.5) is 0 Å². The normalized spacial score (nSPS) is 17.3. The molecule has 0 radical (unpaired) electrons. The van der Waals surface area contributed by atoms with Crippen molar-refractivity contribution in [2.75, 3.05) is 13.1 Å². The number of aromatic amines is 2. The van der Waals surface area contributed by atoms with Gasteiger partial charge in [-0.15, -0.1) is 10.2 Å². The minimum absolute atomic E-state index is 0.0964. The van der Waals surface area contributed by atoms with Crippen LogP contribution in [0.3, 0.4) is 0 Å². The van der Waals surface area contributed by atoms with Crippen LogP contribution in [0.25, 0.3) is 22.6 Å². The Labute approximate surface area is 170 Å². The van der Waals surface area contributed by atoms with Gasteiger partial charge in [0.2, 0.25) is 0 Å². The minimum Gasteiger partial charge on any atom is -0.321 e. The molecule has 1 aromatic carbocycles. The van der Waals surface area contributed by atoms with Gasteiger partial charge in [-0.1, -0.05) is 5.21 Å². The van der Waals surface area contributed by atoms with E-state index in [4.69, 9.17) is 0 Å². The van der Waals surface area contributed by atoms with Gasteiger partial charge in [-0.05, 0) is 56.5 Å². The first-order chi connectivity index (χ1) is 14.5. The van der Waals surface area contributed by atoms with Crippen molar-refractivity contribution >= 4 is 11.0 Å². The van der Waals surface area contributed by atoms with E-state index in [1.165, 1.54) is 0 Å². The highest BCUT2D eigenvalue weighted by Crippen LogP contribution is 2.30. The van der Waals surface area contributed by atoms with Crippen LogP contribution in [0.15, 0.2) is 21.7 Å². The molecule has 5 rings (SSSR count). The number of nitrogens with zero attached hydrogens (tertiary/aromatic N) is 7. The van der Waals surface area contributed by atoms with Crippen molar-refractivity contribution in [2.45, 2.75) is 39.3 Å². The molecule has 2 aromatic rings. The summed E-state index contributed by atoms with van der Waals surface area (Å²) in [5.74, 6) is 0.986. The lowest BCUT2D eigenvalue weighted by Crippen LogP contribution is -2.32. The number of rotatable bonds is 4. The van der Waals surface area contributed by atoms with E-state index in [-0.39, 0.29) is 11.7 Å². The van der Waals surface area contributed by atoms with Gasteiger partial charge in [0.1, 0.15) is 0 Å². The van der Waals surface area contributed by atoms with Crippen LogP contribution in [0.5, 0.6) is 0 Å². The van der Waals surface area contributed by atoms with E-state index in [1.807, 2.05) is 30.5 Å². The fraction of sp³-hybridized carbons (Fsp3) is 0.421. The third kappa shape index (κ3) is 3.07. The maximum atomic E-state index is 12.4. The van der Waals surface area contributed by atoms with Gasteiger partial charge in [0.15, 0.2) is 17.3 Å². The van der Waals surface area contributed by atoms with Gasteiger partial charge in [0.05, 0.1) is 17.1 Å². The maximum absolute atomic E-state index is 12.4. The number of aromatic nitrogens is 8. The summed E-state index contributed by atoms with van der Waals surface area (Å²) in [5.41, 5.74) is 2.72. The van der Waals surface area contributed by atoms with Gasteiger partial charge in [-0.25, -0.2) is 9.78 Å². The molecule has 0 unspecified atom stereocenters. The highest BCUT2D eigenvalue weighted by molar-refractivity contribution is 5.81. The molecule has 0 amide bonds. The van der Waals surface area contributed by atoms with Crippen molar-refractivity contribution in [2.24, 2.45) is 0 Å². The van der Waals surface area contributed by atoms with Gasteiger partial charge >= 0.3 is 5.69 Å². The molecule has 1 aromatic heterocycles. The molecule has 2 N–H and O–H groups in total. The average Bonchev–Trinajstić information content (AvgIpc) is 3.38. The number of H-pyrrole nitrogens is 2. The van der Waals surface area contributed by atoms with Crippen molar-refractivity contribution in [1.29, 1.82) is 0 Å². The van der Waals surface area contributed by atoms with E-state index < -0.39 is 11.2 Å². The molecule has 1 fully saturated rings. The molecule has 3 aliphatic rings. The summed E-state index contributed by atoms with van der Waals surface area (Å²) in [4.78, 5) is 37.4. The highest BCUT2D eigenvalue weighted by Gasteiger charge is 2.29. The predicted molar refractivity (Wildman–Crippen MR) is 108 cm³/mol. The Kier molecular flexibility index (Phi) is 4.39. The predicted octanol–water partition coefficient (Wildman–Crippen LogP) is 0.552. The third-order valence-electron chi connectivity index (χ3n) is 5.86. The summed E-state index contributed by atoms with van der Waals surface area (Å²) in [6.07, 6.45) is 2.01. The van der Waals surface area contributed by atoms with E-state index in [9.17, 15) is 9.59 Å². The van der Waals surface area contributed by atoms with Gasteiger partial charge in [0, 0.05) is 13.1 Å². The summed E-state index contributed by atoms with van der Waals surface area (Å²) >= 11 is 0. The summed E-state index contributed by atoms with van der Waals surface area (Å²) in [6, 6.07) is 4.09. The van der Waals surface area contributed by atoms with E-state index >= 15 is 0 Å². The Morgan fingerprint density at radius 2 is 1.97 bits per heavy atom. The molecule has 30 heavy (non-hydrogen) atoms. The molecule has 0 saturated carbocycles. The topological polar surface area (TPSA) is 138 Å². The van der Waals surface area contributed by atoms with Crippen molar-refractivity contribution in [3.8, 4) is 11.5 Å². The molecule has 154 valence electrons. The van der Waals surface area contributed by atoms with Crippen LogP contribution >= 0.6 is 0 Å². The standard InChI is InChI=1S/C19H21N9O2/c1-10-8-12-14(9-11(10)2)28(17-15(20-12)18(29)22-19(30)21-17)7-6-27-5-3-4-13(27)16-23-25-26-24-16/h8-9,13H,3-7H2,1-2H3,(H,22,29,30)(H,23,24,25,26)/t13-/m1/s1. The smallest absolute Gasteiger partial charge is 0.321 e. The SMILES string of the molecule is Cc1cc2nc3c(=O)[nH]c(=O)nc-3n(CCN3CCC[C@@H]3c3nn[nH]n3)c2cc1C. The second-order valence-electron chi connectivity index (χ2n) is 7.70. The van der Waals surface area contributed by atoms with Gasteiger partial charge in [-0.2, -0.15) is 10.2 Å². The number of aryl methyl sites for hydroxylation is 2. The largest absolute Gasteiger partial charge is 0.349 e. The van der Waals surface area contributed by atoms with Crippen molar-refractivity contribution < 1.29 is 0 Å². The van der Waals surface area contributed by atoms with E-state index in [0.717, 1.165) is 36.0 Å². The Morgan fingerprint density at radius 3 is 2.77 bits per heavy atom. The number of tetrazole rings is 1. The minimum atomic E-state index is -0.669. The summed E-state index contributed by atoms with van der Waals surface area (Å²) < 4.78 is 1.92. The van der Waals surface area contributed by atoms with Crippen molar-refractivity contribution in [1.82, 2.24) is 45.0 Å². The molecule has 0 aliphatic carbocycles. The molecular weight excluding hydrogens is 386 g/mol. The molecule has 0 bridgehead atoms. The molecule has 3 aliphatic heterocycles. The first-order valence-electron chi connectivity index (χ1n) is 9.90. The number of likely N-dealkylation sites (tertiary alicyclic amines) is 1. The van der Waals surface area contributed by atoms with E-state index in [0.29, 0.717) is 30.3 Å². The lowest BCUT2D eigenvalue weighted by Gasteiger charge is -2.24. The molecule has 11 nitrogen and oxygen atoms in total. The van der Waals surface area contributed by atoms with Crippen LogP contribution in [-0.4, -0.2) is 58.1 Å². The van der Waals surface area contributed by atoms with Gasteiger partial charge in [0.25, 0.3) is 5.56 Å². The number of benzene rings is 1. The molecule has 1 atom stereocenters. The molecule has 4 heterocycles. The van der Waals surface area contributed by atoms with Gasteiger partial charge < -0.3 is 4.57 Å². The summed E-state index contributed by atoms with van der Waals surface area (Å²) in [5, 5.41) is 14.5. The second-order valence-corrected chi connectivity index (χ2v) is 7.70. The fourth-order valence-corrected chi connectivity index (χ4v) is 4.20. The van der Waals surface area contributed by atoms with Crippen LogP contribution in [0.1, 0.15) is 35.8 Å². The zero-order valence-corrected chi connectivity index (χ0v) is 16.7. The average molecular weight is 407 g/mol. The molecular formula is C19H21N9O2. The van der Waals surface area contributed by atoms with E-state index in [1.54, 1.807) is 0 Å². The monoisotopic (exact) mass is 407 g/mol. The zero-order chi connectivity index (χ0) is 20.8. The summed E-state index contributed by atoms with van der Waals surface area (Å²) in [7, 11) is 0. The number of fused-ring (bicyclic) bond motifs is 2. The quantitative estimate of drug-likeness (QED) is 0.468. The molecule has 0 spiro atoms. The van der Waals surface area contributed by atoms with Crippen LogP contribution in [0.2, 0.25) is 0 Å². The Morgan fingerprint density at radius 1 is 1.13 bits per heavy atom. The van der Waals surface area contributed by atoms with Crippen LogP contribution in [-0.2, 0) is 6.54 Å². The number of hydrogen-bond acceptors (Lipinski definition) is 8. The molecule has 1 saturated heterocycles. The molecule has 11 heteroatoms. The zero-order valence-electron chi connectivity index (χ0n) is 16.7. The third-order valence-corrected chi connectivity index (χ3v) is 5.86. The Balaban J connectivity index is 1.60. The maximum Gasteiger partial charge on any atom is 0.349 e. The van der Waals surface area contributed by atoms with Crippen molar-refractivity contribution in [3.05, 3.63) is 49.9 Å². The van der Waals surface area contributed by atoms with Crippen LogP contribution < -0.4 is 11.2 Å². The van der Waals surface area contributed by atoms with E-state index in [2.05, 4.69) is 40.5 Å². The van der Waals surface area contributed by atoms with Crippen LogP contribution in [0, 0.1) is 13.8 Å². The lowest BCUT2D eigenvalue weighted by molar-refractivity contribution is 0.239. The summed E-state index contributed by atoms with van der Waals surface area (Å²) in [6.45, 7) is 6.18. The number of nitrogens with one attached hydrogen (secondary N) is 2. The Hall–Kier alpha value is -3.47. The first kappa shape index (κ1) is 18.6. The highest BCUT2D eigenvalue weighted by atomic mass is 16.2. The Bertz CT molecular complexity index is 1310. The van der Waals surface area contributed by atoms with Crippen molar-refractivity contribution in [3.63, 3.8) is 0 Å². The lowest BCUT2D eigenvalue weighted by atomic mass is 10.1. The van der Waals surface area contributed by atoms with Gasteiger partial charge in [-0.3, -0.25) is 14.7 Å². The fourth-order valence-electron chi connectivity index (χ4n) is 4.20.